The molecule has 0 aliphatic rings. The normalized spacial score (nSPS) is 10.3. The fourth-order valence-electron chi connectivity index (χ4n) is 1.77. The summed E-state index contributed by atoms with van der Waals surface area (Å²) in [6.45, 7) is 4.32. The van der Waals surface area contributed by atoms with Crippen LogP contribution >= 0.6 is 23.2 Å². The molecular formula is C14H16Cl2N2O. The number of nitrogens with zero attached hydrogens (tertiary/aromatic N) is 2. The maximum absolute atomic E-state index is 12.2. The summed E-state index contributed by atoms with van der Waals surface area (Å²) in [6.07, 6.45) is 0.603. The van der Waals surface area contributed by atoms with Gasteiger partial charge in [-0.15, -0.1) is 0 Å². The van der Waals surface area contributed by atoms with Crippen LogP contribution in [-0.2, 0) is 11.2 Å². The van der Waals surface area contributed by atoms with E-state index >= 15 is 0 Å². The maximum Gasteiger partial charge on any atom is 0.227 e. The standard InChI is InChI=1S/C14H16Cl2N2O/c1-10(2)18(7-3-6-17)14(19)9-11-4-5-12(15)13(16)8-11/h4-5,8,10H,3,7,9H2,1-2H3. The van der Waals surface area contributed by atoms with E-state index in [-0.39, 0.29) is 18.4 Å². The Morgan fingerprint density at radius 2 is 2.05 bits per heavy atom. The van der Waals surface area contributed by atoms with Gasteiger partial charge < -0.3 is 4.90 Å². The minimum Gasteiger partial charge on any atom is -0.339 e. The molecule has 0 saturated carbocycles. The molecule has 1 aromatic rings. The summed E-state index contributed by atoms with van der Waals surface area (Å²) in [5.74, 6) is -0.0105. The van der Waals surface area contributed by atoms with Gasteiger partial charge in [-0.05, 0) is 31.5 Å². The molecule has 0 radical (unpaired) electrons. The van der Waals surface area contributed by atoms with Gasteiger partial charge in [0.15, 0.2) is 0 Å². The van der Waals surface area contributed by atoms with Gasteiger partial charge in [-0.2, -0.15) is 5.26 Å². The van der Waals surface area contributed by atoms with E-state index in [9.17, 15) is 4.79 Å². The first kappa shape index (κ1) is 15.8. The lowest BCUT2D eigenvalue weighted by Crippen LogP contribution is -2.38. The number of nitriles is 1. The van der Waals surface area contributed by atoms with Crippen LogP contribution in [0.2, 0.25) is 10.0 Å². The van der Waals surface area contributed by atoms with Gasteiger partial charge in [0, 0.05) is 12.6 Å². The summed E-state index contributed by atoms with van der Waals surface area (Å²) in [4.78, 5) is 13.9. The SMILES string of the molecule is CC(C)N(CCC#N)C(=O)Cc1ccc(Cl)c(Cl)c1. The molecule has 0 aliphatic carbocycles. The first-order valence-corrected chi connectivity index (χ1v) is 6.81. The number of hydrogen-bond donors (Lipinski definition) is 0. The number of halogens is 2. The molecule has 5 heteroatoms. The Bertz CT molecular complexity index is 495. The Labute approximate surface area is 123 Å². The van der Waals surface area contributed by atoms with Crippen molar-refractivity contribution < 1.29 is 4.79 Å². The van der Waals surface area contributed by atoms with E-state index in [2.05, 4.69) is 6.07 Å². The summed E-state index contributed by atoms with van der Waals surface area (Å²) in [5.41, 5.74) is 0.821. The Morgan fingerprint density at radius 1 is 1.37 bits per heavy atom. The second-order valence-corrected chi connectivity index (χ2v) is 5.33. The molecule has 0 heterocycles. The van der Waals surface area contributed by atoms with Crippen molar-refractivity contribution in [3.8, 4) is 6.07 Å². The molecule has 0 saturated heterocycles. The van der Waals surface area contributed by atoms with Crippen molar-refractivity contribution in [2.24, 2.45) is 0 Å². The number of carbonyl (C=O) groups is 1. The Kier molecular flexibility index (Phi) is 6.14. The summed E-state index contributed by atoms with van der Waals surface area (Å²) in [6, 6.07) is 7.30. The van der Waals surface area contributed by atoms with Crippen molar-refractivity contribution in [2.75, 3.05) is 6.54 Å². The van der Waals surface area contributed by atoms with Crippen LogP contribution in [-0.4, -0.2) is 23.4 Å². The minimum absolute atomic E-state index is 0.0105. The number of carbonyl (C=O) groups excluding carboxylic acids is 1. The van der Waals surface area contributed by atoms with E-state index in [0.29, 0.717) is 23.0 Å². The molecule has 3 nitrogen and oxygen atoms in total. The molecule has 0 aliphatic heterocycles. The molecule has 1 aromatic carbocycles. The lowest BCUT2D eigenvalue weighted by Gasteiger charge is -2.26. The smallest absolute Gasteiger partial charge is 0.227 e. The molecule has 0 bridgehead atoms. The summed E-state index contributed by atoms with van der Waals surface area (Å²) in [7, 11) is 0. The monoisotopic (exact) mass is 298 g/mol. The summed E-state index contributed by atoms with van der Waals surface area (Å²) < 4.78 is 0. The highest BCUT2D eigenvalue weighted by molar-refractivity contribution is 6.42. The predicted molar refractivity (Wildman–Crippen MR) is 77.2 cm³/mol. The first-order valence-electron chi connectivity index (χ1n) is 6.06. The van der Waals surface area contributed by atoms with Crippen LogP contribution in [0.1, 0.15) is 25.8 Å². The van der Waals surface area contributed by atoms with Crippen LogP contribution in [0, 0.1) is 11.3 Å². The van der Waals surface area contributed by atoms with E-state index in [1.165, 1.54) is 0 Å². The fourth-order valence-corrected chi connectivity index (χ4v) is 2.09. The van der Waals surface area contributed by atoms with E-state index in [1.807, 2.05) is 13.8 Å². The van der Waals surface area contributed by atoms with E-state index in [1.54, 1.807) is 23.1 Å². The van der Waals surface area contributed by atoms with Crippen molar-refractivity contribution >= 4 is 29.1 Å². The third-order valence-corrected chi connectivity index (χ3v) is 3.49. The molecule has 0 N–H and O–H groups in total. The third-order valence-electron chi connectivity index (χ3n) is 2.75. The number of amides is 1. The topological polar surface area (TPSA) is 44.1 Å². The second-order valence-electron chi connectivity index (χ2n) is 4.51. The average molecular weight is 299 g/mol. The van der Waals surface area contributed by atoms with Crippen LogP contribution in [0.5, 0.6) is 0 Å². The third kappa shape index (κ3) is 4.74. The maximum atomic E-state index is 12.2. The Morgan fingerprint density at radius 3 is 2.58 bits per heavy atom. The van der Waals surface area contributed by atoms with Crippen molar-refractivity contribution in [3.05, 3.63) is 33.8 Å². The van der Waals surface area contributed by atoms with Gasteiger partial charge in [0.2, 0.25) is 5.91 Å². The highest BCUT2D eigenvalue weighted by atomic mass is 35.5. The molecule has 0 atom stereocenters. The van der Waals surface area contributed by atoms with Gasteiger partial charge >= 0.3 is 0 Å². The van der Waals surface area contributed by atoms with Gasteiger partial charge in [0.1, 0.15) is 0 Å². The van der Waals surface area contributed by atoms with Crippen LogP contribution in [0.15, 0.2) is 18.2 Å². The first-order chi connectivity index (χ1) is 8.95. The number of hydrogen-bond acceptors (Lipinski definition) is 2. The van der Waals surface area contributed by atoms with E-state index in [4.69, 9.17) is 28.5 Å². The predicted octanol–water partition coefficient (Wildman–Crippen LogP) is 3.69. The molecular weight excluding hydrogens is 283 g/mol. The van der Waals surface area contributed by atoms with Gasteiger partial charge in [-0.1, -0.05) is 29.3 Å². The van der Waals surface area contributed by atoms with E-state index in [0.717, 1.165) is 5.56 Å². The van der Waals surface area contributed by atoms with E-state index < -0.39 is 0 Å². The molecule has 102 valence electrons. The molecule has 0 unspecified atom stereocenters. The highest BCUT2D eigenvalue weighted by Crippen LogP contribution is 2.23. The largest absolute Gasteiger partial charge is 0.339 e. The molecule has 1 rings (SSSR count). The van der Waals surface area contributed by atoms with Crippen molar-refractivity contribution in [1.82, 2.24) is 4.90 Å². The zero-order valence-corrected chi connectivity index (χ0v) is 12.5. The quantitative estimate of drug-likeness (QED) is 0.832. The summed E-state index contributed by atoms with van der Waals surface area (Å²) >= 11 is 11.8. The van der Waals surface area contributed by atoms with Crippen LogP contribution in [0.4, 0.5) is 0 Å². The highest BCUT2D eigenvalue weighted by Gasteiger charge is 2.17. The van der Waals surface area contributed by atoms with Crippen molar-refractivity contribution in [1.29, 1.82) is 5.26 Å². The minimum atomic E-state index is -0.0105. The lowest BCUT2D eigenvalue weighted by atomic mass is 10.1. The molecule has 1 amide bonds. The molecule has 0 spiro atoms. The van der Waals surface area contributed by atoms with Crippen molar-refractivity contribution in [3.63, 3.8) is 0 Å². The molecule has 0 aromatic heterocycles. The van der Waals surface area contributed by atoms with Crippen LogP contribution < -0.4 is 0 Å². The molecule has 0 fully saturated rings. The van der Waals surface area contributed by atoms with Gasteiger partial charge in [-0.25, -0.2) is 0 Å². The Hall–Kier alpha value is -1.24. The van der Waals surface area contributed by atoms with Gasteiger partial charge in [-0.3, -0.25) is 4.79 Å². The summed E-state index contributed by atoms with van der Waals surface area (Å²) in [5, 5.41) is 9.53. The molecule has 19 heavy (non-hydrogen) atoms. The Balaban J connectivity index is 2.75. The van der Waals surface area contributed by atoms with Crippen LogP contribution in [0.3, 0.4) is 0 Å². The zero-order valence-electron chi connectivity index (χ0n) is 11.0. The van der Waals surface area contributed by atoms with Gasteiger partial charge in [0.05, 0.1) is 29.0 Å². The fraction of sp³-hybridized carbons (Fsp3) is 0.429. The lowest BCUT2D eigenvalue weighted by molar-refractivity contribution is -0.132. The second kappa shape index (κ2) is 7.37. The average Bonchev–Trinajstić information content (AvgIpc) is 2.34. The number of benzene rings is 1. The van der Waals surface area contributed by atoms with Gasteiger partial charge in [0.25, 0.3) is 0 Å². The van der Waals surface area contributed by atoms with Crippen molar-refractivity contribution in [2.45, 2.75) is 32.7 Å². The zero-order chi connectivity index (χ0) is 14.4. The number of rotatable bonds is 5. The van der Waals surface area contributed by atoms with Crippen LogP contribution in [0.25, 0.3) is 0 Å².